The van der Waals surface area contributed by atoms with E-state index in [2.05, 4.69) is 10.1 Å². The van der Waals surface area contributed by atoms with Crippen LogP contribution in [0.3, 0.4) is 0 Å². The lowest BCUT2D eigenvalue weighted by Crippen LogP contribution is -2.29. The van der Waals surface area contributed by atoms with E-state index in [1.54, 1.807) is 7.11 Å². The minimum atomic E-state index is -0.322. The maximum absolute atomic E-state index is 5.82. The maximum atomic E-state index is 5.82. The summed E-state index contributed by atoms with van der Waals surface area (Å²) < 4.78 is 11.2. The summed E-state index contributed by atoms with van der Waals surface area (Å²) in [5.41, 5.74) is 5.17. The molecule has 5 nitrogen and oxygen atoms in total. The van der Waals surface area contributed by atoms with Crippen molar-refractivity contribution in [3.63, 3.8) is 0 Å². The van der Waals surface area contributed by atoms with Gasteiger partial charge in [0.1, 0.15) is 5.60 Å². The molecule has 0 saturated heterocycles. The van der Waals surface area contributed by atoms with Gasteiger partial charge in [-0.1, -0.05) is 43.7 Å². The van der Waals surface area contributed by atoms with Crippen molar-refractivity contribution in [2.24, 2.45) is 5.73 Å². The number of nitrogens with zero attached hydrogens (tertiary/aromatic N) is 2. The van der Waals surface area contributed by atoms with Gasteiger partial charge in [0, 0.05) is 13.5 Å². The van der Waals surface area contributed by atoms with Crippen molar-refractivity contribution in [1.82, 2.24) is 10.1 Å². The van der Waals surface area contributed by atoms with Crippen molar-refractivity contribution in [2.45, 2.75) is 76.2 Å². The Hall–Kier alpha value is -0.940. The quantitative estimate of drug-likeness (QED) is 0.588. The molecular weight excluding hydrogens is 266 g/mol. The van der Waals surface area contributed by atoms with Crippen LogP contribution in [0.25, 0.3) is 0 Å². The Morgan fingerprint density at radius 1 is 1.10 bits per heavy atom. The van der Waals surface area contributed by atoms with Crippen LogP contribution in [-0.2, 0) is 16.8 Å². The first-order valence-electron chi connectivity index (χ1n) is 8.39. The van der Waals surface area contributed by atoms with Crippen molar-refractivity contribution < 1.29 is 9.26 Å². The van der Waals surface area contributed by atoms with Crippen LogP contribution in [-0.4, -0.2) is 23.8 Å². The third kappa shape index (κ3) is 4.51. The Morgan fingerprint density at radius 3 is 2.48 bits per heavy atom. The normalized spacial score (nSPS) is 18.6. The van der Waals surface area contributed by atoms with Gasteiger partial charge in [-0.15, -0.1) is 0 Å². The summed E-state index contributed by atoms with van der Waals surface area (Å²) in [6, 6.07) is 0. The highest BCUT2D eigenvalue weighted by Crippen LogP contribution is 2.37. The molecule has 0 atom stereocenters. The van der Waals surface area contributed by atoms with E-state index >= 15 is 0 Å². The molecule has 0 amide bonds. The van der Waals surface area contributed by atoms with Crippen LogP contribution >= 0.6 is 0 Å². The van der Waals surface area contributed by atoms with Crippen molar-refractivity contribution in [2.75, 3.05) is 13.7 Å². The van der Waals surface area contributed by atoms with E-state index in [-0.39, 0.29) is 5.60 Å². The first kappa shape index (κ1) is 16.4. The molecule has 120 valence electrons. The summed E-state index contributed by atoms with van der Waals surface area (Å²) in [5.74, 6) is 1.50. The number of hydrogen-bond donors (Lipinski definition) is 1. The highest BCUT2D eigenvalue weighted by Gasteiger charge is 2.37. The SMILES string of the molecule is COC1(c2noc(CCCCCCN)n2)CCCCCC1. The molecule has 1 heterocycles. The van der Waals surface area contributed by atoms with Crippen molar-refractivity contribution >= 4 is 0 Å². The lowest BCUT2D eigenvalue weighted by molar-refractivity contribution is -0.0365. The molecule has 1 aromatic heterocycles. The molecule has 1 aliphatic carbocycles. The smallest absolute Gasteiger partial charge is 0.226 e. The van der Waals surface area contributed by atoms with E-state index in [0.29, 0.717) is 0 Å². The number of aryl methyl sites for hydroxylation is 1. The first-order chi connectivity index (χ1) is 10.3. The Morgan fingerprint density at radius 2 is 1.81 bits per heavy atom. The summed E-state index contributed by atoms with van der Waals surface area (Å²) in [6.45, 7) is 0.779. The first-order valence-corrected chi connectivity index (χ1v) is 8.39. The topological polar surface area (TPSA) is 74.2 Å². The molecule has 1 aromatic rings. The van der Waals surface area contributed by atoms with Crippen LogP contribution in [0.15, 0.2) is 4.52 Å². The van der Waals surface area contributed by atoms with Crippen molar-refractivity contribution in [3.8, 4) is 0 Å². The van der Waals surface area contributed by atoms with Crippen LogP contribution in [0.5, 0.6) is 0 Å². The van der Waals surface area contributed by atoms with Gasteiger partial charge in [0.05, 0.1) is 0 Å². The standard InChI is InChI=1S/C16H29N3O2/c1-20-16(11-7-3-4-8-12-16)15-18-14(21-19-15)10-6-2-5-9-13-17/h2-13,17H2,1H3. The summed E-state index contributed by atoms with van der Waals surface area (Å²) in [6.07, 6.45) is 12.3. The Balaban J connectivity index is 1.90. The fourth-order valence-electron chi connectivity index (χ4n) is 3.13. The average molecular weight is 295 g/mol. The molecule has 2 rings (SSSR count). The average Bonchev–Trinajstić information content (AvgIpc) is 2.85. The van der Waals surface area contributed by atoms with E-state index in [4.69, 9.17) is 15.0 Å². The summed E-state index contributed by atoms with van der Waals surface area (Å²) in [5, 5.41) is 4.21. The number of nitrogens with two attached hydrogens (primary N) is 1. The van der Waals surface area contributed by atoms with Gasteiger partial charge >= 0.3 is 0 Å². The molecule has 1 aliphatic rings. The van der Waals surface area contributed by atoms with Gasteiger partial charge in [-0.3, -0.25) is 0 Å². The Labute approximate surface area is 127 Å². The molecule has 0 radical (unpaired) electrons. The van der Waals surface area contributed by atoms with E-state index in [9.17, 15) is 0 Å². The number of rotatable bonds is 8. The number of hydrogen-bond acceptors (Lipinski definition) is 5. The second kappa shape index (κ2) is 8.49. The molecule has 0 aliphatic heterocycles. The zero-order valence-corrected chi connectivity index (χ0v) is 13.3. The fourth-order valence-corrected chi connectivity index (χ4v) is 3.13. The van der Waals surface area contributed by atoms with Gasteiger partial charge < -0.3 is 15.0 Å². The Bertz CT molecular complexity index is 398. The molecule has 1 fully saturated rings. The third-order valence-corrected chi connectivity index (χ3v) is 4.52. The second-order valence-corrected chi connectivity index (χ2v) is 6.08. The lowest BCUT2D eigenvalue weighted by Gasteiger charge is -2.27. The van der Waals surface area contributed by atoms with Gasteiger partial charge in [-0.05, 0) is 32.2 Å². The molecule has 21 heavy (non-hydrogen) atoms. The summed E-state index contributed by atoms with van der Waals surface area (Å²) in [4.78, 5) is 4.61. The number of methoxy groups -OCH3 is 1. The minimum Gasteiger partial charge on any atom is -0.370 e. The summed E-state index contributed by atoms with van der Waals surface area (Å²) in [7, 11) is 1.77. The monoisotopic (exact) mass is 295 g/mol. The number of aromatic nitrogens is 2. The van der Waals surface area contributed by atoms with Gasteiger partial charge in [-0.2, -0.15) is 4.98 Å². The maximum Gasteiger partial charge on any atom is 0.226 e. The fraction of sp³-hybridized carbons (Fsp3) is 0.875. The molecular formula is C16H29N3O2. The Kier molecular flexibility index (Phi) is 6.64. The molecule has 2 N–H and O–H groups in total. The predicted octanol–water partition coefficient (Wildman–Crippen LogP) is 3.33. The largest absolute Gasteiger partial charge is 0.370 e. The van der Waals surface area contributed by atoms with E-state index < -0.39 is 0 Å². The van der Waals surface area contributed by atoms with E-state index in [0.717, 1.165) is 50.4 Å². The van der Waals surface area contributed by atoms with Crippen LogP contribution in [0.4, 0.5) is 0 Å². The number of ether oxygens (including phenoxy) is 1. The van der Waals surface area contributed by atoms with Crippen LogP contribution in [0.1, 0.15) is 75.9 Å². The predicted molar refractivity (Wildman–Crippen MR) is 81.9 cm³/mol. The molecule has 1 saturated carbocycles. The summed E-state index contributed by atoms with van der Waals surface area (Å²) >= 11 is 0. The molecule has 0 aromatic carbocycles. The second-order valence-electron chi connectivity index (χ2n) is 6.08. The van der Waals surface area contributed by atoms with Gasteiger partial charge in [0.25, 0.3) is 0 Å². The van der Waals surface area contributed by atoms with E-state index in [1.165, 1.54) is 38.5 Å². The molecule has 0 spiro atoms. The zero-order chi connectivity index (χ0) is 15.0. The number of unbranched alkanes of at least 4 members (excludes halogenated alkanes) is 3. The van der Waals surface area contributed by atoms with Gasteiger partial charge in [0.15, 0.2) is 0 Å². The third-order valence-electron chi connectivity index (χ3n) is 4.52. The molecule has 0 unspecified atom stereocenters. The highest BCUT2D eigenvalue weighted by atomic mass is 16.5. The lowest BCUT2D eigenvalue weighted by atomic mass is 9.93. The van der Waals surface area contributed by atoms with Gasteiger partial charge in [-0.25, -0.2) is 0 Å². The minimum absolute atomic E-state index is 0.322. The van der Waals surface area contributed by atoms with Crippen LogP contribution < -0.4 is 5.73 Å². The van der Waals surface area contributed by atoms with Crippen LogP contribution in [0.2, 0.25) is 0 Å². The van der Waals surface area contributed by atoms with Crippen molar-refractivity contribution in [3.05, 3.63) is 11.7 Å². The van der Waals surface area contributed by atoms with Gasteiger partial charge in [0.2, 0.25) is 11.7 Å². The highest BCUT2D eigenvalue weighted by molar-refractivity contribution is 5.02. The zero-order valence-electron chi connectivity index (χ0n) is 13.3. The van der Waals surface area contributed by atoms with Crippen molar-refractivity contribution in [1.29, 1.82) is 0 Å². The van der Waals surface area contributed by atoms with E-state index in [1.807, 2.05) is 0 Å². The molecule has 0 bridgehead atoms. The molecule has 5 heteroatoms. The van der Waals surface area contributed by atoms with Crippen LogP contribution in [0, 0.1) is 0 Å².